The van der Waals surface area contributed by atoms with Gasteiger partial charge in [-0.3, -0.25) is 9.58 Å². The molecule has 5 heterocycles. The molecule has 3 aromatic rings. The fraction of sp³-hybridized carbons (Fsp3) is 0.625. The van der Waals surface area contributed by atoms with E-state index >= 15 is 0 Å². The average molecular weight is 484 g/mol. The van der Waals surface area contributed by atoms with Crippen LogP contribution in [0, 0.1) is 0 Å². The van der Waals surface area contributed by atoms with Crippen LogP contribution in [-0.4, -0.2) is 69.6 Å². The van der Waals surface area contributed by atoms with Crippen LogP contribution < -0.4 is 10.6 Å². The van der Waals surface area contributed by atoms with E-state index in [1.165, 1.54) is 28.7 Å². The normalized spacial score (nSPS) is 23.7. The van der Waals surface area contributed by atoms with Crippen molar-refractivity contribution in [3.05, 3.63) is 22.8 Å². The first kappa shape index (κ1) is 22.2. The van der Waals surface area contributed by atoms with Gasteiger partial charge in [-0.2, -0.15) is 10.1 Å². The van der Waals surface area contributed by atoms with Gasteiger partial charge in [-0.05, 0) is 44.6 Å². The number of nitrogens with zero attached hydrogens (tertiary/aromatic N) is 5. The van der Waals surface area contributed by atoms with E-state index in [-0.39, 0.29) is 0 Å². The van der Waals surface area contributed by atoms with Crippen molar-refractivity contribution in [3.63, 3.8) is 0 Å². The third-order valence-electron chi connectivity index (χ3n) is 7.28. The van der Waals surface area contributed by atoms with E-state index in [1.807, 2.05) is 17.1 Å². The van der Waals surface area contributed by atoms with Crippen LogP contribution in [0.3, 0.4) is 0 Å². The summed E-state index contributed by atoms with van der Waals surface area (Å²) in [6, 6.07) is 1.12. The molecular weight excluding hydrogens is 450 g/mol. The number of anilines is 3. The minimum absolute atomic E-state index is 0.432. The number of aryl methyl sites for hydroxylation is 1. The van der Waals surface area contributed by atoms with Gasteiger partial charge in [0.05, 0.1) is 43.7 Å². The second-order valence-corrected chi connectivity index (χ2v) is 10.5. The molecule has 0 spiro atoms. The zero-order valence-corrected chi connectivity index (χ0v) is 20.6. The third-order valence-corrected chi connectivity index (χ3v) is 8.38. The van der Waals surface area contributed by atoms with E-state index in [9.17, 15) is 0 Å². The van der Waals surface area contributed by atoms with Crippen molar-refractivity contribution in [1.29, 1.82) is 0 Å². The van der Waals surface area contributed by atoms with Gasteiger partial charge in [0.15, 0.2) is 0 Å². The van der Waals surface area contributed by atoms with Crippen molar-refractivity contribution in [2.45, 2.75) is 64.3 Å². The highest BCUT2D eigenvalue weighted by Crippen LogP contribution is 2.39. The Hall–Kier alpha value is -2.27. The lowest BCUT2D eigenvalue weighted by Gasteiger charge is -2.39. The molecule has 1 saturated carbocycles. The van der Waals surface area contributed by atoms with E-state index in [4.69, 9.17) is 19.4 Å². The van der Waals surface area contributed by atoms with Gasteiger partial charge in [-0.25, -0.2) is 4.98 Å². The molecule has 0 bridgehead atoms. The molecule has 3 aromatic heterocycles. The monoisotopic (exact) mass is 483 g/mol. The summed E-state index contributed by atoms with van der Waals surface area (Å²) in [6.45, 7) is 8.23. The molecule has 1 aliphatic carbocycles. The fourth-order valence-electron chi connectivity index (χ4n) is 5.44. The van der Waals surface area contributed by atoms with Crippen LogP contribution in [-0.2, 0) is 29.0 Å². The number of morpholine rings is 1. The Labute approximate surface area is 203 Å². The molecule has 0 amide bonds. The molecule has 2 aliphatic heterocycles. The van der Waals surface area contributed by atoms with Gasteiger partial charge >= 0.3 is 0 Å². The summed E-state index contributed by atoms with van der Waals surface area (Å²) < 4.78 is 13.2. The summed E-state index contributed by atoms with van der Waals surface area (Å²) in [5.41, 5.74) is 2.27. The zero-order chi connectivity index (χ0) is 22.9. The molecule has 0 unspecified atom stereocenters. The van der Waals surface area contributed by atoms with Crippen LogP contribution in [0.1, 0.15) is 43.0 Å². The Balaban J connectivity index is 1.24. The quantitative estimate of drug-likeness (QED) is 0.548. The number of ether oxygens (including phenoxy) is 2. The Morgan fingerprint density at radius 3 is 2.74 bits per heavy atom. The van der Waals surface area contributed by atoms with Crippen molar-refractivity contribution in [2.24, 2.45) is 0 Å². The van der Waals surface area contributed by atoms with Crippen LogP contribution in [0.15, 0.2) is 12.4 Å². The lowest BCUT2D eigenvalue weighted by atomic mass is 9.90. The van der Waals surface area contributed by atoms with Crippen LogP contribution >= 0.6 is 11.3 Å². The number of hydrogen-bond donors (Lipinski definition) is 2. The van der Waals surface area contributed by atoms with Crippen molar-refractivity contribution in [3.8, 4) is 0 Å². The molecule has 182 valence electrons. The molecule has 2 N–H and O–H groups in total. The van der Waals surface area contributed by atoms with Crippen LogP contribution in [0.2, 0.25) is 0 Å². The topological polar surface area (TPSA) is 89.4 Å². The molecule has 34 heavy (non-hydrogen) atoms. The summed E-state index contributed by atoms with van der Waals surface area (Å²) in [6.07, 6.45) is 9.51. The molecule has 0 aromatic carbocycles. The number of aromatic nitrogens is 4. The first-order chi connectivity index (χ1) is 16.8. The molecule has 1 saturated heterocycles. The maximum absolute atomic E-state index is 5.73. The van der Waals surface area contributed by atoms with E-state index in [0.717, 1.165) is 75.1 Å². The highest BCUT2D eigenvalue weighted by atomic mass is 32.1. The van der Waals surface area contributed by atoms with E-state index < -0.39 is 0 Å². The van der Waals surface area contributed by atoms with Crippen LogP contribution in [0.5, 0.6) is 0 Å². The fourth-order valence-corrected chi connectivity index (χ4v) is 6.59. The lowest BCUT2D eigenvalue weighted by molar-refractivity contribution is 0.00791. The Kier molecular flexibility index (Phi) is 6.38. The number of thiophene rings is 1. The Bertz CT molecular complexity index is 1130. The molecule has 10 heteroatoms. The predicted octanol–water partition coefficient (Wildman–Crippen LogP) is 3.78. The summed E-state index contributed by atoms with van der Waals surface area (Å²) in [5.74, 6) is 1.58. The van der Waals surface area contributed by atoms with Crippen molar-refractivity contribution < 1.29 is 9.47 Å². The van der Waals surface area contributed by atoms with Crippen molar-refractivity contribution in [2.75, 3.05) is 43.5 Å². The molecule has 0 radical (unpaired) electrons. The summed E-state index contributed by atoms with van der Waals surface area (Å²) in [5, 5.41) is 12.8. The second kappa shape index (κ2) is 9.77. The number of rotatable bonds is 6. The molecule has 9 nitrogen and oxygen atoms in total. The van der Waals surface area contributed by atoms with Gasteiger partial charge in [0, 0.05) is 42.8 Å². The minimum Gasteiger partial charge on any atom is -0.379 e. The second-order valence-electron chi connectivity index (χ2n) is 9.39. The Morgan fingerprint density at radius 1 is 1.09 bits per heavy atom. The number of fused-ring (bicyclic) bond motifs is 3. The number of nitrogens with one attached hydrogen (secondary N) is 2. The van der Waals surface area contributed by atoms with Gasteiger partial charge in [-0.1, -0.05) is 0 Å². The predicted molar refractivity (Wildman–Crippen MR) is 134 cm³/mol. The van der Waals surface area contributed by atoms with Crippen molar-refractivity contribution in [1.82, 2.24) is 24.6 Å². The molecule has 0 atom stereocenters. The average Bonchev–Trinajstić information content (AvgIpc) is 3.49. The van der Waals surface area contributed by atoms with Gasteiger partial charge in [0.25, 0.3) is 0 Å². The maximum Gasteiger partial charge on any atom is 0.230 e. The molecule has 6 rings (SSSR count). The molecular formula is C24H33N7O2S. The van der Waals surface area contributed by atoms with Gasteiger partial charge < -0.3 is 20.1 Å². The summed E-state index contributed by atoms with van der Waals surface area (Å²) in [7, 11) is 0. The maximum atomic E-state index is 5.73. The minimum atomic E-state index is 0.432. The molecule has 3 aliphatic rings. The first-order valence-electron chi connectivity index (χ1n) is 12.5. The highest BCUT2D eigenvalue weighted by Gasteiger charge is 2.28. The van der Waals surface area contributed by atoms with E-state index in [1.54, 1.807) is 11.3 Å². The lowest BCUT2D eigenvalue weighted by Crippen LogP contribution is -2.46. The molecule has 2 fully saturated rings. The number of hydrogen-bond acceptors (Lipinski definition) is 9. The standard InChI is InChI=1S/C24H33N7O2S/c1-2-31-14-17(13-25-31)27-24-28-22(21-19-7-10-33-15-20(19)34-23(21)29-24)26-16-3-5-18(6-4-16)30-8-11-32-12-9-30/h13-14,16,18H,2-12,15H2,1H3,(H2,26,27,28,29). The third kappa shape index (κ3) is 4.51. The first-order valence-corrected chi connectivity index (χ1v) is 13.4. The summed E-state index contributed by atoms with van der Waals surface area (Å²) in [4.78, 5) is 14.8. The smallest absolute Gasteiger partial charge is 0.230 e. The largest absolute Gasteiger partial charge is 0.379 e. The highest BCUT2D eigenvalue weighted by molar-refractivity contribution is 7.19. The van der Waals surface area contributed by atoms with Gasteiger partial charge in [0.1, 0.15) is 10.6 Å². The van der Waals surface area contributed by atoms with Crippen LogP contribution in [0.25, 0.3) is 10.2 Å². The van der Waals surface area contributed by atoms with Crippen LogP contribution in [0.4, 0.5) is 17.5 Å². The van der Waals surface area contributed by atoms with Gasteiger partial charge in [-0.15, -0.1) is 11.3 Å². The van der Waals surface area contributed by atoms with Crippen molar-refractivity contribution >= 4 is 39.0 Å². The van der Waals surface area contributed by atoms with E-state index in [2.05, 4.69) is 27.6 Å². The Morgan fingerprint density at radius 2 is 1.94 bits per heavy atom. The van der Waals surface area contributed by atoms with E-state index in [0.29, 0.717) is 24.6 Å². The van der Waals surface area contributed by atoms with Gasteiger partial charge in [0.2, 0.25) is 5.95 Å². The zero-order valence-electron chi connectivity index (χ0n) is 19.8. The SMILES string of the molecule is CCn1cc(Nc2nc(NC3CCC(N4CCOCC4)CC3)c3c4c(sc3n2)COCC4)cn1. The summed E-state index contributed by atoms with van der Waals surface area (Å²) >= 11 is 1.73.